The third-order valence-electron chi connectivity index (χ3n) is 3.79. The molecule has 0 aliphatic carbocycles. The van der Waals surface area contributed by atoms with E-state index in [0.717, 1.165) is 0 Å². The minimum absolute atomic E-state index is 0.00814. The van der Waals surface area contributed by atoms with Gasteiger partial charge in [-0.1, -0.05) is 0 Å². The molecule has 0 aromatic carbocycles. The van der Waals surface area contributed by atoms with Crippen molar-refractivity contribution >= 4 is 24.2 Å². The summed E-state index contributed by atoms with van der Waals surface area (Å²) in [6.07, 6.45) is -2.73. The molecule has 1 rings (SSSR count). The number of carbonyl (C=O) groups is 4. The molecule has 1 heterocycles. The van der Waals surface area contributed by atoms with E-state index in [2.05, 4.69) is 0 Å². The van der Waals surface area contributed by atoms with Gasteiger partial charge in [-0.15, -0.1) is 0 Å². The van der Waals surface area contributed by atoms with Gasteiger partial charge in [0.05, 0.1) is 6.10 Å². The average Bonchev–Trinajstić information content (AvgIpc) is 2.50. The molecule has 0 spiro atoms. The predicted octanol–water partition coefficient (Wildman–Crippen LogP) is -0.232. The van der Waals surface area contributed by atoms with Crippen LogP contribution < -0.4 is 0 Å². The number of carbonyl (C=O) groups excluding carboxylic acids is 4. The zero-order chi connectivity index (χ0) is 19.0. The molecule has 1 aliphatic rings. The summed E-state index contributed by atoms with van der Waals surface area (Å²) in [6, 6.07) is 0. The quantitative estimate of drug-likeness (QED) is 0.355. The molecule has 0 unspecified atom stereocenters. The van der Waals surface area contributed by atoms with Gasteiger partial charge in [0.25, 0.3) is 0 Å². The van der Waals surface area contributed by atoms with E-state index in [9.17, 15) is 24.3 Å². The molecule has 9 nitrogen and oxygen atoms in total. The molecule has 5 atom stereocenters. The van der Waals surface area contributed by atoms with Crippen LogP contribution in [0.5, 0.6) is 0 Å². The average molecular weight is 360 g/mol. The standard InChI is InChI=1S/C16H24O9/c1-9(19)22-8-14-16(24-11(3)21)15(23-10(2)20)12(4-6-17)13(25-14)5-7-18/h7,12-17H,4-6,8H2,1-3H3/t12-,13+,14+,15+,16+/m0/s1. The van der Waals surface area contributed by atoms with Crippen LogP contribution in [0.15, 0.2) is 0 Å². The maximum atomic E-state index is 11.5. The number of aliphatic hydroxyl groups is 1. The molecule has 0 amide bonds. The number of esters is 3. The van der Waals surface area contributed by atoms with E-state index in [0.29, 0.717) is 6.29 Å². The van der Waals surface area contributed by atoms with E-state index in [1.165, 1.54) is 20.8 Å². The maximum Gasteiger partial charge on any atom is 0.303 e. The molecule has 0 aromatic rings. The van der Waals surface area contributed by atoms with Gasteiger partial charge < -0.3 is 28.8 Å². The molecule has 1 aliphatic heterocycles. The molecule has 0 bridgehead atoms. The summed E-state index contributed by atoms with van der Waals surface area (Å²) < 4.78 is 21.3. The third kappa shape index (κ3) is 6.43. The summed E-state index contributed by atoms with van der Waals surface area (Å²) in [4.78, 5) is 45.0. The van der Waals surface area contributed by atoms with Gasteiger partial charge in [-0.2, -0.15) is 0 Å². The number of hydrogen-bond donors (Lipinski definition) is 1. The summed E-state index contributed by atoms with van der Waals surface area (Å²) >= 11 is 0. The van der Waals surface area contributed by atoms with Crippen LogP contribution >= 0.6 is 0 Å². The number of aldehydes is 1. The zero-order valence-electron chi connectivity index (χ0n) is 14.5. The predicted molar refractivity (Wildman–Crippen MR) is 82.3 cm³/mol. The second kappa shape index (κ2) is 10.1. The van der Waals surface area contributed by atoms with E-state index in [-0.39, 0.29) is 26.1 Å². The molecule has 9 heteroatoms. The lowest BCUT2D eigenvalue weighted by Crippen LogP contribution is -2.58. The highest BCUT2D eigenvalue weighted by atomic mass is 16.6. The van der Waals surface area contributed by atoms with Gasteiger partial charge in [0.15, 0.2) is 6.10 Å². The Labute approximate surface area is 145 Å². The molecule has 25 heavy (non-hydrogen) atoms. The fourth-order valence-corrected chi connectivity index (χ4v) is 2.91. The lowest BCUT2D eigenvalue weighted by atomic mass is 9.83. The van der Waals surface area contributed by atoms with Crippen LogP contribution in [0.4, 0.5) is 0 Å². The Kier molecular flexibility index (Phi) is 8.50. The Morgan fingerprint density at radius 3 is 2.08 bits per heavy atom. The van der Waals surface area contributed by atoms with Crippen molar-refractivity contribution in [2.45, 2.75) is 58.0 Å². The second-order valence-electron chi connectivity index (χ2n) is 5.74. The van der Waals surface area contributed by atoms with E-state index in [1.54, 1.807) is 0 Å². The van der Waals surface area contributed by atoms with E-state index < -0.39 is 48.2 Å². The molecule has 1 fully saturated rings. The van der Waals surface area contributed by atoms with Crippen LogP contribution in [0, 0.1) is 5.92 Å². The van der Waals surface area contributed by atoms with Crippen molar-refractivity contribution in [1.82, 2.24) is 0 Å². The Bertz CT molecular complexity index is 490. The van der Waals surface area contributed by atoms with Gasteiger partial charge in [-0.25, -0.2) is 0 Å². The monoisotopic (exact) mass is 360 g/mol. The molecule has 0 saturated carbocycles. The van der Waals surface area contributed by atoms with Gasteiger partial charge in [0.1, 0.15) is 25.1 Å². The van der Waals surface area contributed by atoms with Crippen LogP contribution in [0.25, 0.3) is 0 Å². The van der Waals surface area contributed by atoms with Gasteiger partial charge in [0.2, 0.25) is 0 Å². The Morgan fingerprint density at radius 2 is 1.60 bits per heavy atom. The van der Waals surface area contributed by atoms with Crippen molar-refractivity contribution in [3.05, 3.63) is 0 Å². The van der Waals surface area contributed by atoms with Crippen LogP contribution in [0.1, 0.15) is 33.6 Å². The first-order valence-electron chi connectivity index (χ1n) is 7.97. The van der Waals surface area contributed by atoms with Crippen molar-refractivity contribution in [3.8, 4) is 0 Å². The first-order chi connectivity index (χ1) is 11.8. The minimum atomic E-state index is -1.03. The molecule has 0 radical (unpaired) electrons. The van der Waals surface area contributed by atoms with Crippen LogP contribution in [0.2, 0.25) is 0 Å². The molecule has 1 N–H and O–H groups in total. The molecular formula is C16H24O9. The molecule has 1 saturated heterocycles. The van der Waals surface area contributed by atoms with E-state index >= 15 is 0 Å². The molecule has 142 valence electrons. The smallest absolute Gasteiger partial charge is 0.303 e. The number of aliphatic hydroxyl groups excluding tert-OH is 1. The Balaban J connectivity index is 3.16. The Morgan fingerprint density at radius 1 is 1.00 bits per heavy atom. The van der Waals surface area contributed by atoms with Crippen molar-refractivity contribution in [3.63, 3.8) is 0 Å². The summed E-state index contributed by atoms with van der Waals surface area (Å²) in [7, 11) is 0. The van der Waals surface area contributed by atoms with Crippen molar-refractivity contribution < 1.29 is 43.2 Å². The maximum absolute atomic E-state index is 11.5. The summed E-state index contributed by atoms with van der Waals surface area (Å²) in [5.41, 5.74) is 0. The lowest BCUT2D eigenvalue weighted by Gasteiger charge is -2.45. The van der Waals surface area contributed by atoms with Gasteiger partial charge in [0, 0.05) is 39.7 Å². The number of hydrogen-bond acceptors (Lipinski definition) is 9. The molecule has 0 aromatic heterocycles. The minimum Gasteiger partial charge on any atom is -0.463 e. The third-order valence-corrected chi connectivity index (χ3v) is 3.79. The Hall–Kier alpha value is -2.00. The lowest BCUT2D eigenvalue weighted by molar-refractivity contribution is -0.234. The highest BCUT2D eigenvalue weighted by molar-refractivity contribution is 5.68. The normalized spacial score (nSPS) is 28.7. The SMILES string of the molecule is CC(=O)OC[C@H]1O[C@H](CC=O)[C@H](CCO)[C@@H](OC(C)=O)[C@@H]1OC(C)=O. The van der Waals surface area contributed by atoms with E-state index in [1.807, 2.05) is 0 Å². The van der Waals surface area contributed by atoms with Gasteiger partial charge in [-0.05, 0) is 6.42 Å². The fourth-order valence-electron chi connectivity index (χ4n) is 2.91. The summed E-state index contributed by atoms with van der Waals surface area (Å²) in [5, 5.41) is 9.31. The topological polar surface area (TPSA) is 125 Å². The highest BCUT2D eigenvalue weighted by Gasteiger charge is 2.49. The first-order valence-corrected chi connectivity index (χ1v) is 7.97. The number of ether oxygens (including phenoxy) is 4. The molecular weight excluding hydrogens is 336 g/mol. The first kappa shape index (κ1) is 21.0. The van der Waals surface area contributed by atoms with Gasteiger partial charge >= 0.3 is 17.9 Å². The summed E-state index contributed by atoms with van der Waals surface area (Å²) in [5.74, 6) is -2.35. The number of rotatable bonds is 8. The summed E-state index contributed by atoms with van der Waals surface area (Å²) in [6.45, 7) is 3.14. The second-order valence-corrected chi connectivity index (χ2v) is 5.74. The van der Waals surface area contributed by atoms with Crippen molar-refractivity contribution in [2.24, 2.45) is 5.92 Å². The van der Waals surface area contributed by atoms with Crippen LogP contribution in [-0.4, -0.2) is 66.9 Å². The highest BCUT2D eigenvalue weighted by Crippen LogP contribution is 2.34. The van der Waals surface area contributed by atoms with Crippen LogP contribution in [-0.2, 0) is 38.1 Å². The van der Waals surface area contributed by atoms with Crippen molar-refractivity contribution in [1.29, 1.82) is 0 Å². The zero-order valence-corrected chi connectivity index (χ0v) is 14.5. The van der Waals surface area contributed by atoms with Crippen LogP contribution in [0.3, 0.4) is 0 Å². The van der Waals surface area contributed by atoms with E-state index in [4.69, 9.17) is 18.9 Å². The van der Waals surface area contributed by atoms with Gasteiger partial charge in [-0.3, -0.25) is 14.4 Å². The fraction of sp³-hybridized carbons (Fsp3) is 0.750. The largest absolute Gasteiger partial charge is 0.463 e. The van der Waals surface area contributed by atoms with Crippen molar-refractivity contribution in [2.75, 3.05) is 13.2 Å².